The fourth-order valence-electron chi connectivity index (χ4n) is 2.07. The third-order valence-electron chi connectivity index (χ3n) is 3.06. The Kier molecular flexibility index (Phi) is 4.01. The van der Waals surface area contributed by atoms with Gasteiger partial charge < -0.3 is 16.3 Å². The lowest BCUT2D eigenvalue weighted by Gasteiger charge is -2.12. The predicted octanol–water partition coefficient (Wildman–Crippen LogP) is -0.547. The molecule has 0 radical (unpaired) electrons. The molecule has 2 heterocycles. The highest BCUT2D eigenvalue weighted by Crippen LogP contribution is 2.13. The van der Waals surface area contributed by atoms with E-state index in [0.29, 0.717) is 18.7 Å². The van der Waals surface area contributed by atoms with Crippen molar-refractivity contribution in [2.45, 2.75) is 19.0 Å². The van der Waals surface area contributed by atoms with Gasteiger partial charge in [0.1, 0.15) is 5.69 Å². The Balaban J connectivity index is 2.04. The molecule has 0 aliphatic carbocycles. The van der Waals surface area contributed by atoms with Crippen LogP contribution in [-0.4, -0.2) is 42.0 Å². The van der Waals surface area contributed by atoms with E-state index in [9.17, 15) is 8.42 Å². The molecule has 0 bridgehead atoms. The highest BCUT2D eigenvalue weighted by Gasteiger charge is 2.27. The molecule has 1 aromatic heterocycles. The second kappa shape index (κ2) is 5.54. The molecule has 0 spiro atoms. The van der Waals surface area contributed by atoms with Gasteiger partial charge in [-0.1, -0.05) is 11.2 Å². The predicted molar refractivity (Wildman–Crippen MR) is 70.6 cm³/mol. The van der Waals surface area contributed by atoms with Crippen LogP contribution >= 0.6 is 0 Å². The van der Waals surface area contributed by atoms with Crippen molar-refractivity contribution in [1.29, 1.82) is 0 Å². The van der Waals surface area contributed by atoms with Crippen LogP contribution in [-0.2, 0) is 16.4 Å². The molecule has 1 atom stereocenters. The van der Waals surface area contributed by atoms with E-state index in [2.05, 4.69) is 15.5 Å². The lowest BCUT2D eigenvalue weighted by atomic mass is 10.1. The van der Waals surface area contributed by atoms with E-state index < -0.39 is 9.84 Å². The summed E-state index contributed by atoms with van der Waals surface area (Å²) < 4.78 is 22.7. The summed E-state index contributed by atoms with van der Waals surface area (Å²) in [5.74, 6) is 0.327. The van der Waals surface area contributed by atoms with Gasteiger partial charge in [0, 0.05) is 18.8 Å². The van der Waals surface area contributed by atoms with Crippen molar-refractivity contribution in [3.63, 3.8) is 0 Å². The van der Waals surface area contributed by atoms with Gasteiger partial charge in [0.25, 0.3) is 0 Å². The summed E-state index contributed by atoms with van der Waals surface area (Å²) in [5.41, 5.74) is 6.70. The smallest absolute Gasteiger partial charge is 0.189 e. The van der Waals surface area contributed by atoms with Crippen LogP contribution in [0, 0.1) is 0 Å². The topological polar surface area (TPSA) is 118 Å². The summed E-state index contributed by atoms with van der Waals surface area (Å²) in [6.07, 6.45) is 2.17. The van der Waals surface area contributed by atoms with Gasteiger partial charge in [-0.3, -0.25) is 4.98 Å². The zero-order valence-corrected chi connectivity index (χ0v) is 11.1. The van der Waals surface area contributed by atoms with Crippen LogP contribution in [0.4, 0.5) is 0 Å². The van der Waals surface area contributed by atoms with Crippen molar-refractivity contribution in [2.24, 2.45) is 10.9 Å². The number of rotatable bonds is 4. The number of amidine groups is 1. The second-order valence-electron chi connectivity index (χ2n) is 4.48. The van der Waals surface area contributed by atoms with E-state index in [0.717, 1.165) is 5.56 Å². The Morgan fingerprint density at radius 1 is 1.63 bits per heavy atom. The summed E-state index contributed by atoms with van der Waals surface area (Å²) in [7, 11) is -2.90. The molecule has 1 saturated heterocycles. The van der Waals surface area contributed by atoms with Gasteiger partial charge >= 0.3 is 0 Å². The maximum Gasteiger partial charge on any atom is 0.189 e. The number of hydrogen-bond donors (Lipinski definition) is 3. The number of sulfone groups is 1. The van der Waals surface area contributed by atoms with Crippen molar-refractivity contribution in [2.75, 3.05) is 11.5 Å². The lowest BCUT2D eigenvalue weighted by molar-refractivity contribution is 0.318. The third-order valence-corrected chi connectivity index (χ3v) is 4.82. The molecule has 0 saturated carbocycles. The van der Waals surface area contributed by atoms with Gasteiger partial charge in [0.05, 0.1) is 11.5 Å². The van der Waals surface area contributed by atoms with Crippen molar-refractivity contribution in [3.8, 4) is 0 Å². The fraction of sp³-hybridized carbons (Fsp3) is 0.455. The second-order valence-corrected chi connectivity index (χ2v) is 6.71. The first-order valence-electron chi connectivity index (χ1n) is 5.87. The van der Waals surface area contributed by atoms with Crippen LogP contribution in [0.15, 0.2) is 23.5 Å². The Bertz CT molecular complexity index is 585. The van der Waals surface area contributed by atoms with Crippen LogP contribution in [0.25, 0.3) is 0 Å². The number of pyridine rings is 1. The van der Waals surface area contributed by atoms with Gasteiger partial charge in [0.2, 0.25) is 0 Å². The monoisotopic (exact) mass is 284 g/mol. The van der Waals surface area contributed by atoms with Gasteiger partial charge in [-0.2, -0.15) is 0 Å². The first-order valence-corrected chi connectivity index (χ1v) is 7.69. The first kappa shape index (κ1) is 13.8. The molecular weight excluding hydrogens is 268 g/mol. The molecule has 4 N–H and O–H groups in total. The van der Waals surface area contributed by atoms with E-state index in [1.54, 1.807) is 18.3 Å². The molecule has 2 rings (SSSR count). The average Bonchev–Trinajstić information content (AvgIpc) is 2.75. The molecule has 0 amide bonds. The number of nitrogens with two attached hydrogens (primary N) is 1. The number of nitrogens with zero attached hydrogens (tertiary/aromatic N) is 2. The molecule has 1 fully saturated rings. The van der Waals surface area contributed by atoms with E-state index >= 15 is 0 Å². The summed E-state index contributed by atoms with van der Waals surface area (Å²) >= 11 is 0. The zero-order chi connectivity index (χ0) is 13.9. The molecule has 7 nitrogen and oxygen atoms in total. The van der Waals surface area contributed by atoms with Gasteiger partial charge in [-0.05, 0) is 18.1 Å². The normalized spacial score (nSPS) is 22.5. The van der Waals surface area contributed by atoms with E-state index in [1.807, 2.05) is 0 Å². The van der Waals surface area contributed by atoms with Crippen LogP contribution < -0.4 is 11.1 Å². The van der Waals surface area contributed by atoms with E-state index in [1.165, 1.54) is 0 Å². The Morgan fingerprint density at radius 3 is 3.05 bits per heavy atom. The van der Waals surface area contributed by atoms with Gasteiger partial charge in [-0.25, -0.2) is 8.42 Å². The quantitative estimate of drug-likeness (QED) is 0.295. The Morgan fingerprint density at radius 2 is 2.42 bits per heavy atom. The minimum absolute atomic E-state index is 0.0506. The highest BCUT2D eigenvalue weighted by molar-refractivity contribution is 7.91. The molecule has 19 heavy (non-hydrogen) atoms. The van der Waals surface area contributed by atoms with Gasteiger partial charge in [0.15, 0.2) is 15.7 Å². The molecule has 1 unspecified atom stereocenters. The van der Waals surface area contributed by atoms with Crippen LogP contribution in [0.2, 0.25) is 0 Å². The standard InChI is InChI=1S/C11H16N4O3S/c12-11(15-16)10-8(2-1-4-13-10)6-14-9-3-5-19(17,18)7-9/h1-2,4,9,14,16H,3,5-7H2,(H2,12,15). The summed E-state index contributed by atoms with van der Waals surface area (Å²) in [4.78, 5) is 4.05. The molecule has 0 aromatic carbocycles. The van der Waals surface area contributed by atoms with Crippen molar-refractivity contribution < 1.29 is 13.6 Å². The van der Waals surface area contributed by atoms with E-state index in [-0.39, 0.29) is 23.4 Å². The highest BCUT2D eigenvalue weighted by atomic mass is 32.2. The van der Waals surface area contributed by atoms with Crippen molar-refractivity contribution in [3.05, 3.63) is 29.6 Å². The molecular formula is C11H16N4O3S. The molecule has 1 aromatic rings. The number of nitrogens with one attached hydrogen (secondary N) is 1. The van der Waals surface area contributed by atoms with Gasteiger partial charge in [-0.15, -0.1) is 0 Å². The maximum atomic E-state index is 11.3. The lowest BCUT2D eigenvalue weighted by Crippen LogP contribution is -2.30. The van der Waals surface area contributed by atoms with Crippen molar-refractivity contribution >= 4 is 15.7 Å². The summed E-state index contributed by atoms with van der Waals surface area (Å²) in [5, 5.41) is 14.8. The maximum absolute atomic E-state index is 11.3. The molecule has 104 valence electrons. The first-order chi connectivity index (χ1) is 9.02. The van der Waals surface area contributed by atoms with Crippen LogP contribution in [0.5, 0.6) is 0 Å². The minimum Gasteiger partial charge on any atom is -0.409 e. The third kappa shape index (κ3) is 3.42. The Hall–Kier alpha value is -1.67. The summed E-state index contributed by atoms with van der Waals surface area (Å²) in [6.45, 7) is 0.430. The van der Waals surface area contributed by atoms with Crippen LogP contribution in [0.1, 0.15) is 17.7 Å². The molecule has 1 aliphatic rings. The van der Waals surface area contributed by atoms with E-state index in [4.69, 9.17) is 10.9 Å². The largest absolute Gasteiger partial charge is 0.409 e. The average molecular weight is 284 g/mol. The Labute approximate surface area is 111 Å². The fourth-order valence-corrected chi connectivity index (χ4v) is 3.78. The molecule has 8 heteroatoms. The zero-order valence-electron chi connectivity index (χ0n) is 10.3. The SMILES string of the molecule is NC(=NO)c1ncccc1CNC1CCS(=O)(=O)C1. The summed E-state index contributed by atoms with van der Waals surface area (Å²) in [6, 6.07) is 3.50. The minimum atomic E-state index is -2.90. The number of oxime groups is 1. The molecule has 1 aliphatic heterocycles. The number of hydrogen-bond acceptors (Lipinski definition) is 6. The van der Waals surface area contributed by atoms with Crippen LogP contribution in [0.3, 0.4) is 0 Å². The number of aromatic nitrogens is 1. The van der Waals surface area contributed by atoms with Crippen molar-refractivity contribution in [1.82, 2.24) is 10.3 Å².